The number of aliphatic hydroxyl groups is 1. The highest BCUT2D eigenvalue weighted by atomic mass is 19.4. The molecule has 0 radical (unpaired) electrons. The van der Waals surface area contributed by atoms with Crippen molar-refractivity contribution in [3.05, 3.63) is 35.7 Å². The van der Waals surface area contributed by atoms with Gasteiger partial charge in [0.1, 0.15) is 5.69 Å². The van der Waals surface area contributed by atoms with E-state index in [-0.39, 0.29) is 13.0 Å². The Morgan fingerprint density at radius 3 is 2.37 bits per heavy atom. The molecule has 1 aromatic heterocycles. The minimum Gasteiger partial charge on any atom is -0.456 e. The second kappa shape index (κ2) is 5.09. The molecular formula is C12H11BF3NO2. The Morgan fingerprint density at radius 2 is 1.84 bits per heavy atom. The molecule has 7 heteroatoms. The summed E-state index contributed by atoms with van der Waals surface area (Å²) in [5, 5.41) is 8.79. The van der Waals surface area contributed by atoms with Crippen molar-refractivity contribution in [2.45, 2.75) is 12.6 Å². The summed E-state index contributed by atoms with van der Waals surface area (Å²) in [4.78, 5) is 4.15. The molecule has 0 saturated carbocycles. The molecule has 2 aromatic rings. The van der Waals surface area contributed by atoms with E-state index in [0.29, 0.717) is 22.8 Å². The number of aromatic nitrogens is 1. The minimum atomic E-state index is -4.35. The highest BCUT2D eigenvalue weighted by Gasteiger charge is 2.30. The van der Waals surface area contributed by atoms with Crippen LogP contribution in [0.3, 0.4) is 0 Å². The molecule has 0 aliphatic carbocycles. The van der Waals surface area contributed by atoms with Crippen molar-refractivity contribution in [3.8, 4) is 11.3 Å². The third kappa shape index (κ3) is 2.98. The summed E-state index contributed by atoms with van der Waals surface area (Å²) in [5.74, 6) is 0.370. The number of halogens is 3. The van der Waals surface area contributed by atoms with E-state index in [1.54, 1.807) is 7.85 Å². The summed E-state index contributed by atoms with van der Waals surface area (Å²) in [6.07, 6.45) is -4.07. The predicted molar refractivity (Wildman–Crippen MR) is 65.9 cm³/mol. The zero-order valence-corrected chi connectivity index (χ0v) is 10.2. The number of aliphatic hydroxyl groups excluding tert-OH is 1. The normalized spacial score (nSPS) is 11.8. The largest absolute Gasteiger partial charge is 0.456 e. The number of hydrogen-bond donors (Lipinski definition) is 1. The molecule has 100 valence electrons. The van der Waals surface area contributed by atoms with Crippen molar-refractivity contribution in [2.75, 3.05) is 6.61 Å². The molecule has 0 fully saturated rings. The van der Waals surface area contributed by atoms with Crippen molar-refractivity contribution in [1.29, 1.82) is 0 Å². The molecule has 0 unspecified atom stereocenters. The standard InChI is InChI=1S/C12H11BF3NO2/c13-11-10(17-9(19-11)5-6-18)7-1-3-8(4-2-7)12(14,15)16/h1-4,18H,5-6,13H2. The third-order valence-corrected chi connectivity index (χ3v) is 2.65. The lowest BCUT2D eigenvalue weighted by atomic mass is 9.98. The zero-order valence-electron chi connectivity index (χ0n) is 10.2. The molecule has 0 atom stereocenters. The van der Waals surface area contributed by atoms with Gasteiger partial charge in [0, 0.05) is 12.0 Å². The van der Waals surface area contributed by atoms with E-state index in [1.165, 1.54) is 12.1 Å². The summed E-state index contributed by atoms with van der Waals surface area (Å²) in [5.41, 5.74) is 0.867. The van der Waals surface area contributed by atoms with Crippen LogP contribution < -0.4 is 5.66 Å². The summed E-state index contributed by atoms with van der Waals surface area (Å²) in [6.45, 7) is -0.0909. The van der Waals surface area contributed by atoms with Crippen LogP contribution in [-0.2, 0) is 12.6 Å². The molecule has 1 aromatic carbocycles. The smallest absolute Gasteiger partial charge is 0.416 e. The van der Waals surface area contributed by atoms with Gasteiger partial charge in [0.05, 0.1) is 17.8 Å². The van der Waals surface area contributed by atoms with Gasteiger partial charge in [0.15, 0.2) is 13.7 Å². The fourth-order valence-corrected chi connectivity index (χ4v) is 1.74. The maximum atomic E-state index is 12.4. The lowest BCUT2D eigenvalue weighted by Gasteiger charge is -2.06. The Hall–Kier alpha value is -1.76. The number of rotatable bonds is 3. The first-order valence-corrected chi connectivity index (χ1v) is 5.66. The van der Waals surface area contributed by atoms with Crippen LogP contribution in [0.25, 0.3) is 11.3 Å². The first kappa shape index (κ1) is 13.7. The first-order valence-electron chi connectivity index (χ1n) is 5.66. The van der Waals surface area contributed by atoms with Crippen molar-refractivity contribution in [1.82, 2.24) is 4.98 Å². The highest BCUT2D eigenvalue weighted by Crippen LogP contribution is 2.30. The quantitative estimate of drug-likeness (QED) is 0.850. The molecule has 0 saturated heterocycles. The highest BCUT2D eigenvalue weighted by molar-refractivity contribution is 6.33. The molecule has 19 heavy (non-hydrogen) atoms. The van der Waals surface area contributed by atoms with Gasteiger partial charge in [-0.3, -0.25) is 0 Å². The molecular weight excluding hydrogens is 258 g/mol. The number of oxazole rings is 1. The first-order chi connectivity index (χ1) is 8.91. The second-order valence-corrected chi connectivity index (χ2v) is 4.06. The van der Waals surface area contributed by atoms with Gasteiger partial charge in [-0.2, -0.15) is 13.2 Å². The zero-order chi connectivity index (χ0) is 14.0. The lowest BCUT2D eigenvalue weighted by molar-refractivity contribution is -0.137. The molecule has 1 heterocycles. The summed E-state index contributed by atoms with van der Waals surface area (Å²) in [7, 11) is 1.68. The fraction of sp³-hybridized carbons (Fsp3) is 0.250. The van der Waals surface area contributed by atoms with Crippen LogP contribution in [0.5, 0.6) is 0 Å². The van der Waals surface area contributed by atoms with Crippen molar-refractivity contribution < 1.29 is 22.7 Å². The lowest BCUT2D eigenvalue weighted by Crippen LogP contribution is -2.05. The van der Waals surface area contributed by atoms with Gasteiger partial charge >= 0.3 is 6.18 Å². The molecule has 0 aliphatic heterocycles. The maximum absolute atomic E-state index is 12.4. The van der Waals surface area contributed by atoms with Crippen molar-refractivity contribution in [2.24, 2.45) is 0 Å². The Bertz CT molecular complexity index is 563. The third-order valence-electron chi connectivity index (χ3n) is 2.65. The van der Waals surface area contributed by atoms with Gasteiger partial charge in [-0.15, -0.1) is 0 Å². The Kier molecular flexibility index (Phi) is 3.66. The minimum absolute atomic E-state index is 0.0909. The van der Waals surface area contributed by atoms with Crippen LogP contribution in [-0.4, -0.2) is 24.5 Å². The number of nitrogens with zero attached hydrogens (tertiary/aromatic N) is 1. The van der Waals surface area contributed by atoms with Gasteiger partial charge in [-0.05, 0) is 12.1 Å². The van der Waals surface area contributed by atoms with E-state index >= 15 is 0 Å². The Morgan fingerprint density at radius 1 is 1.21 bits per heavy atom. The van der Waals surface area contributed by atoms with E-state index < -0.39 is 11.7 Å². The van der Waals surface area contributed by atoms with Crippen LogP contribution in [0.2, 0.25) is 0 Å². The average molecular weight is 269 g/mol. The van der Waals surface area contributed by atoms with Gasteiger partial charge in [-0.25, -0.2) is 4.98 Å². The number of alkyl halides is 3. The van der Waals surface area contributed by atoms with Crippen LogP contribution in [0, 0.1) is 0 Å². The SMILES string of the molecule is Bc1oc(CCO)nc1-c1ccc(C(F)(F)F)cc1. The molecule has 0 spiro atoms. The Labute approximate surface area is 108 Å². The van der Waals surface area contributed by atoms with Crippen LogP contribution in [0.15, 0.2) is 28.7 Å². The van der Waals surface area contributed by atoms with Crippen LogP contribution >= 0.6 is 0 Å². The molecule has 0 aliphatic rings. The molecule has 3 nitrogen and oxygen atoms in total. The van der Waals surface area contributed by atoms with E-state index in [4.69, 9.17) is 9.52 Å². The fourth-order valence-electron chi connectivity index (χ4n) is 1.74. The molecule has 2 rings (SSSR count). The van der Waals surface area contributed by atoms with E-state index in [9.17, 15) is 13.2 Å². The van der Waals surface area contributed by atoms with Crippen molar-refractivity contribution >= 4 is 13.5 Å². The molecule has 0 amide bonds. The molecule has 0 bridgehead atoms. The van der Waals surface area contributed by atoms with Gasteiger partial charge in [0.25, 0.3) is 0 Å². The summed E-state index contributed by atoms with van der Waals surface area (Å²) in [6, 6.07) is 4.73. The van der Waals surface area contributed by atoms with E-state index in [1.807, 2.05) is 0 Å². The topological polar surface area (TPSA) is 46.3 Å². The van der Waals surface area contributed by atoms with Crippen LogP contribution in [0.1, 0.15) is 11.5 Å². The van der Waals surface area contributed by atoms with Gasteiger partial charge in [-0.1, -0.05) is 12.1 Å². The van der Waals surface area contributed by atoms with Crippen LogP contribution in [0.4, 0.5) is 13.2 Å². The summed E-state index contributed by atoms with van der Waals surface area (Å²) >= 11 is 0. The Balaban J connectivity index is 2.32. The van der Waals surface area contributed by atoms with Crippen molar-refractivity contribution in [3.63, 3.8) is 0 Å². The van der Waals surface area contributed by atoms with E-state index in [2.05, 4.69) is 4.98 Å². The van der Waals surface area contributed by atoms with Gasteiger partial charge in [0.2, 0.25) is 0 Å². The monoisotopic (exact) mass is 269 g/mol. The summed E-state index contributed by atoms with van der Waals surface area (Å²) < 4.78 is 42.6. The average Bonchev–Trinajstić information content (AvgIpc) is 2.70. The maximum Gasteiger partial charge on any atom is 0.416 e. The van der Waals surface area contributed by atoms with E-state index in [0.717, 1.165) is 12.1 Å². The second-order valence-electron chi connectivity index (χ2n) is 4.06. The van der Waals surface area contributed by atoms with Gasteiger partial charge < -0.3 is 9.52 Å². The number of hydrogen-bond acceptors (Lipinski definition) is 3. The predicted octanol–water partition coefficient (Wildman–Crippen LogP) is 1.15. The molecule has 1 N–H and O–H groups in total. The number of benzene rings is 1.